The summed E-state index contributed by atoms with van der Waals surface area (Å²) in [6.07, 6.45) is 4.07. The molecular weight excluding hydrogens is 396 g/mol. The standard InChI is InChI=1S/C23H30N4O4/c1-30-18-8-5-17(6-9-18)7-10-22(28)27-11-3-2-4-21(27)19-16-20(25-24-19)23(29)26-12-14-31-15-13-26/h5-6,8-9,16,21H,2-4,7,10-15H2,1H3,(H,24,25). The van der Waals surface area contributed by atoms with Crippen molar-refractivity contribution in [1.29, 1.82) is 0 Å². The number of methoxy groups -OCH3 is 1. The second-order valence-electron chi connectivity index (χ2n) is 8.06. The lowest BCUT2D eigenvalue weighted by Gasteiger charge is -2.35. The predicted octanol–water partition coefficient (Wildman–Crippen LogP) is 2.58. The Kier molecular flexibility index (Phi) is 6.86. The average Bonchev–Trinajstić information content (AvgIpc) is 3.33. The van der Waals surface area contributed by atoms with Gasteiger partial charge in [0.2, 0.25) is 5.91 Å². The summed E-state index contributed by atoms with van der Waals surface area (Å²) in [5.74, 6) is 0.864. The van der Waals surface area contributed by atoms with Crippen LogP contribution in [0.1, 0.15) is 53.5 Å². The molecule has 2 saturated heterocycles. The lowest BCUT2D eigenvalue weighted by molar-refractivity contribution is -0.135. The van der Waals surface area contributed by atoms with Gasteiger partial charge in [-0.1, -0.05) is 12.1 Å². The number of hydrogen-bond acceptors (Lipinski definition) is 5. The van der Waals surface area contributed by atoms with Crippen molar-refractivity contribution >= 4 is 11.8 Å². The number of H-pyrrole nitrogens is 1. The third-order valence-corrected chi connectivity index (χ3v) is 6.08. The molecule has 0 saturated carbocycles. The summed E-state index contributed by atoms with van der Waals surface area (Å²) in [5.41, 5.74) is 2.37. The molecule has 0 radical (unpaired) electrons. The number of aromatic nitrogens is 2. The van der Waals surface area contributed by atoms with E-state index in [1.807, 2.05) is 35.2 Å². The molecule has 1 N–H and O–H groups in total. The number of amides is 2. The number of nitrogens with zero attached hydrogens (tertiary/aromatic N) is 3. The van der Waals surface area contributed by atoms with Crippen LogP contribution in [-0.4, -0.2) is 71.8 Å². The lowest BCUT2D eigenvalue weighted by Crippen LogP contribution is -2.40. The number of nitrogens with one attached hydrogen (secondary N) is 1. The molecule has 1 atom stereocenters. The van der Waals surface area contributed by atoms with E-state index >= 15 is 0 Å². The van der Waals surface area contributed by atoms with Crippen molar-refractivity contribution in [2.45, 2.75) is 38.1 Å². The van der Waals surface area contributed by atoms with Crippen molar-refractivity contribution in [3.63, 3.8) is 0 Å². The number of ether oxygens (including phenoxy) is 2. The maximum atomic E-state index is 13.0. The SMILES string of the molecule is COc1ccc(CCC(=O)N2CCCCC2c2cc(C(=O)N3CCOCC3)n[nH]2)cc1. The quantitative estimate of drug-likeness (QED) is 0.767. The highest BCUT2D eigenvalue weighted by molar-refractivity contribution is 5.92. The Hall–Kier alpha value is -2.87. The van der Waals surface area contributed by atoms with E-state index in [2.05, 4.69) is 10.2 Å². The highest BCUT2D eigenvalue weighted by atomic mass is 16.5. The van der Waals surface area contributed by atoms with E-state index in [0.29, 0.717) is 44.8 Å². The number of aromatic amines is 1. The predicted molar refractivity (Wildman–Crippen MR) is 115 cm³/mol. The number of benzene rings is 1. The number of aryl methyl sites for hydroxylation is 1. The third-order valence-electron chi connectivity index (χ3n) is 6.08. The van der Waals surface area contributed by atoms with Gasteiger partial charge in [0.05, 0.1) is 32.1 Å². The Morgan fingerprint density at radius 2 is 1.94 bits per heavy atom. The second kappa shape index (κ2) is 9.96. The zero-order chi connectivity index (χ0) is 21.6. The number of carbonyl (C=O) groups excluding carboxylic acids is 2. The van der Waals surface area contributed by atoms with Crippen molar-refractivity contribution in [3.05, 3.63) is 47.3 Å². The number of morpholine rings is 1. The van der Waals surface area contributed by atoms with E-state index in [4.69, 9.17) is 9.47 Å². The Labute approximate surface area is 182 Å². The molecule has 2 aromatic rings. The van der Waals surface area contributed by atoms with Gasteiger partial charge in [-0.2, -0.15) is 5.10 Å². The smallest absolute Gasteiger partial charge is 0.274 e. The van der Waals surface area contributed by atoms with Crippen LogP contribution in [0.4, 0.5) is 0 Å². The van der Waals surface area contributed by atoms with E-state index in [-0.39, 0.29) is 17.9 Å². The van der Waals surface area contributed by atoms with Gasteiger partial charge >= 0.3 is 0 Å². The lowest BCUT2D eigenvalue weighted by atomic mass is 9.98. The minimum absolute atomic E-state index is 0.0594. The zero-order valence-corrected chi connectivity index (χ0v) is 18.0. The summed E-state index contributed by atoms with van der Waals surface area (Å²) in [6.45, 7) is 3.02. The van der Waals surface area contributed by atoms with Gasteiger partial charge in [-0.25, -0.2) is 0 Å². The van der Waals surface area contributed by atoms with Gasteiger partial charge in [-0.05, 0) is 49.4 Å². The monoisotopic (exact) mass is 426 g/mol. The molecule has 8 heteroatoms. The first kappa shape index (κ1) is 21.4. The summed E-state index contributed by atoms with van der Waals surface area (Å²) in [6, 6.07) is 9.59. The highest BCUT2D eigenvalue weighted by Crippen LogP contribution is 2.31. The molecule has 4 rings (SSSR count). The summed E-state index contributed by atoms with van der Waals surface area (Å²) in [7, 11) is 1.64. The Morgan fingerprint density at radius 1 is 1.16 bits per heavy atom. The van der Waals surface area contributed by atoms with Gasteiger partial charge in [-0.3, -0.25) is 14.7 Å². The number of carbonyl (C=O) groups is 2. The number of hydrogen-bond donors (Lipinski definition) is 1. The van der Waals surface area contributed by atoms with Gasteiger partial charge in [0.25, 0.3) is 5.91 Å². The fourth-order valence-corrected chi connectivity index (χ4v) is 4.29. The molecule has 0 bridgehead atoms. The van der Waals surface area contributed by atoms with Gasteiger partial charge in [0.1, 0.15) is 11.4 Å². The maximum Gasteiger partial charge on any atom is 0.274 e. The number of likely N-dealkylation sites (tertiary alicyclic amines) is 1. The van der Waals surface area contributed by atoms with Crippen molar-refractivity contribution in [2.24, 2.45) is 0 Å². The van der Waals surface area contributed by atoms with Gasteiger partial charge in [0, 0.05) is 26.1 Å². The Bertz CT molecular complexity index is 889. The van der Waals surface area contributed by atoms with E-state index < -0.39 is 0 Å². The van der Waals surface area contributed by atoms with E-state index in [1.54, 1.807) is 12.0 Å². The largest absolute Gasteiger partial charge is 0.497 e. The molecular formula is C23H30N4O4. The van der Waals surface area contributed by atoms with Gasteiger partial charge in [0.15, 0.2) is 0 Å². The molecule has 2 aliphatic rings. The van der Waals surface area contributed by atoms with Crippen molar-refractivity contribution in [2.75, 3.05) is 40.0 Å². The first-order chi connectivity index (χ1) is 15.2. The normalized spacial score (nSPS) is 19.3. The van der Waals surface area contributed by atoms with Crippen LogP contribution in [0.3, 0.4) is 0 Å². The summed E-state index contributed by atoms with van der Waals surface area (Å²) in [5, 5.41) is 7.29. The minimum atomic E-state index is -0.0843. The fourth-order valence-electron chi connectivity index (χ4n) is 4.29. The first-order valence-corrected chi connectivity index (χ1v) is 11.0. The van der Waals surface area contributed by atoms with Crippen LogP contribution in [0.2, 0.25) is 0 Å². The minimum Gasteiger partial charge on any atom is -0.497 e. The zero-order valence-electron chi connectivity index (χ0n) is 18.0. The van der Waals surface area contributed by atoms with E-state index in [0.717, 1.165) is 42.8 Å². The van der Waals surface area contributed by atoms with Crippen LogP contribution in [-0.2, 0) is 16.0 Å². The Morgan fingerprint density at radius 3 is 2.68 bits per heavy atom. The number of rotatable bonds is 6. The number of piperidine rings is 1. The van der Waals surface area contributed by atoms with Crippen LogP contribution >= 0.6 is 0 Å². The molecule has 31 heavy (non-hydrogen) atoms. The van der Waals surface area contributed by atoms with Crippen LogP contribution in [0, 0.1) is 0 Å². The topological polar surface area (TPSA) is 87.8 Å². The molecule has 0 spiro atoms. The maximum absolute atomic E-state index is 13.0. The van der Waals surface area contributed by atoms with Crippen LogP contribution in [0.5, 0.6) is 5.75 Å². The molecule has 166 valence electrons. The van der Waals surface area contributed by atoms with E-state index in [9.17, 15) is 9.59 Å². The molecule has 2 amide bonds. The highest BCUT2D eigenvalue weighted by Gasteiger charge is 2.30. The van der Waals surface area contributed by atoms with Gasteiger partial charge in [-0.15, -0.1) is 0 Å². The molecule has 2 fully saturated rings. The molecule has 2 aliphatic heterocycles. The van der Waals surface area contributed by atoms with Crippen LogP contribution in [0.25, 0.3) is 0 Å². The van der Waals surface area contributed by atoms with Crippen molar-refractivity contribution in [1.82, 2.24) is 20.0 Å². The average molecular weight is 427 g/mol. The summed E-state index contributed by atoms with van der Waals surface area (Å²) in [4.78, 5) is 29.5. The van der Waals surface area contributed by atoms with Crippen molar-refractivity contribution < 1.29 is 19.1 Å². The second-order valence-corrected chi connectivity index (χ2v) is 8.06. The molecule has 1 aromatic carbocycles. The summed E-state index contributed by atoms with van der Waals surface area (Å²) >= 11 is 0. The fraction of sp³-hybridized carbons (Fsp3) is 0.522. The molecule has 3 heterocycles. The summed E-state index contributed by atoms with van der Waals surface area (Å²) < 4.78 is 10.5. The molecule has 0 aliphatic carbocycles. The van der Waals surface area contributed by atoms with Crippen LogP contribution < -0.4 is 4.74 Å². The Balaban J connectivity index is 1.40. The first-order valence-electron chi connectivity index (χ1n) is 11.0. The molecule has 8 nitrogen and oxygen atoms in total. The molecule has 1 unspecified atom stereocenters. The van der Waals surface area contributed by atoms with Crippen LogP contribution in [0.15, 0.2) is 30.3 Å². The van der Waals surface area contributed by atoms with Gasteiger partial charge < -0.3 is 19.3 Å². The van der Waals surface area contributed by atoms with Crippen molar-refractivity contribution in [3.8, 4) is 5.75 Å². The van der Waals surface area contributed by atoms with E-state index in [1.165, 1.54) is 0 Å². The third kappa shape index (κ3) is 5.07. The molecule has 1 aromatic heterocycles.